The van der Waals surface area contributed by atoms with Gasteiger partial charge in [-0.25, -0.2) is 13.2 Å². The standard InChI is InChI=1S/C24H21ClN2O5S/c1-2-32-23(28)16-9-17-7-12-19(13-8-17)26-24(29)18-10-14-20(15-11-18)33(30,31)27-22-6-4-3-5-21(22)25/h3-16,27H,2H2,1H3,(H,26,29)/b16-9+. The average molecular weight is 485 g/mol. The van der Waals surface area contributed by atoms with Crippen LogP contribution in [0.1, 0.15) is 22.8 Å². The molecule has 3 rings (SSSR count). The minimum absolute atomic E-state index is 0.00305. The topological polar surface area (TPSA) is 102 Å². The Labute approximate surface area is 197 Å². The molecule has 0 saturated heterocycles. The predicted molar refractivity (Wildman–Crippen MR) is 129 cm³/mol. The molecule has 0 radical (unpaired) electrons. The number of hydrogen-bond donors (Lipinski definition) is 2. The highest BCUT2D eigenvalue weighted by molar-refractivity contribution is 7.92. The Morgan fingerprint density at radius 3 is 2.27 bits per heavy atom. The molecule has 0 aliphatic rings. The second-order valence-corrected chi connectivity index (χ2v) is 8.86. The molecule has 0 unspecified atom stereocenters. The zero-order valence-corrected chi connectivity index (χ0v) is 19.2. The summed E-state index contributed by atoms with van der Waals surface area (Å²) in [6.07, 6.45) is 2.94. The van der Waals surface area contributed by atoms with Crippen molar-refractivity contribution in [1.29, 1.82) is 0 Å². The smallest absolute Gasteiger partial charge is 0.330 e. The molecule has 170 valence electrons. The summed E-state index contributed by atoms with van der Waals surface area (Å²) in [5.74, 6) is -0.824. The van der Waals surface area contributed by atoms with Crippen LogP contribution in [0.4, 0.5) is 11.4 Å². The molecule has 2 N–H and O–H groups in total. The van der Waals surface area contributed by atoms with Gasteiger partial charge in [-0.1, -0.05) is 35.9 Å². The second-order valence-electron chi connectivity index (χ2n) is 6.77. The number of para-hydroxylation sites is 1. The van der Waals surface area contributed by atoms with Crippen molar-refractivity contribution in [2.24, 2.45) is 0 Å². The van der Waals surface area contributed by atoms with Gasteiger partial charge in [0.2, 0.25) is 0 Å². The van der Waals surface area contributed by atoms with Crippen molar-refractivity contribution in [2.75, 3.05) is 16.6 Å². The van der Waals surface area contributed by atoms with E-state index in [9.17, 15) is 18.0 Å². The van der Waals surface area contributed by atoms with Crippen molar-refractivity contribution >= 4 is 51.0 Å². The molecule has 7 nitrogen and oxygen atoms in total. The van der Waals surface area contributed by atoms with Crippen LogP contribution in [0.2, 0.25) is 5.02 Å². The summed E-state index contributed by atoms with van der Waals surface area (Å²) in [5, 5.41) is 3.02. The molecule has 0 atom stereocenters. The quantitative estimate of drug-likeness (QED) is 0.347. The summed E-state index contributed by atoms with van der Waals surface area (Å²) < 4.78 is 32.4. The van der Waals surface area contributed by atoms with Crippen LogP contribution in [-0.2, 0) is 19.6 Å². The minimum atomic E-state index is -3.86. The van der Waals surface area contributed by atoms with Crippen molar-refractivity contribution in [3.05, 3.63) is 95.0 Å². The van der Waals surface area contributed by atoms with Crippen LogP contribution < -0.4 is 10.0 Å². The van der Waals surface area contributed by atoms with Gasteiger partial charge < -0.3 is 10.1 Å². The molecule has 0 fully saturated rings. The summed E-state index contributed by atoms with van der Waals surface area (Å²) in [7, 11) is -3.86. The van der Waals surface area contributed by atoms with Crippen molar-refractivity contribution in [2.45, 2.75) is 11.8 Å². The van der Waals surface area contributed by atoms with Gasteiger partial charge in [-0.05, 0) is 67.1 Å². The number of carbonyl (C=O) groups excluding carboxylic acids is 2. The molecule has 1 amide bonds. The van der Waals surface area contributed by atoms with Gasteiger partial charge in [-0.3, -0.25) is 9.52 Å². The number of benzene rings is 3. The highest BCUT2D eigenvalue weighted by Crippen LogP contribution is 2.24. The molecule has 9 heteroatoms. The Balaban J connectivity index is 1.64. The van der Waals surface area contributed by atoms with Gasteiger partial charge in [0.1, 0.15) is 0 Å². The monoisotopic (exact) mass is 484 g/mol. The van der Waals surface area contributed by atoms with Crippen molar-refractivity contribution in [3.8, 4) is 0 Å². The fraction of sp³-hybridized carbons (Fsp3) is 0.0833. The first-order chi connectivity index (χ1) is 15.8. The van der Waals surface area contributed by atoms with E-state index in [-0.39, 0.29) is 21.2 Å². The Morgan fingerprint density at radius 1 is 0.970 bits per heavy atom. The first kappa shape index (κ1) is 24.0. The van der Waals surface area contributed by atoms with E-state index in [1.807, 2.05) is 0 Å². The summed E-state index contributed by atoms with van der Waals surface area (Å²) in [6.45, 7) is 2.03. The number of carbonyl (C=O) groups is 2. The van der Waals surface area contributed by atoms with E-state index in [0.717, 1.165) is 5.56 Å². The summed E-state index contributed by atoms with van der Waals surface area (Å²) in [5.41, 5.74) is 1.87. The Kier molecular flexibility index (Phi) is 7.87. The minimum Gasteiger partial charge on any atom is -0.463 e. The van der Waals surface area contributed by atoms with E-state index >= 15 is 0 Å². The number of sulfonamides is 1. The molecule has 0 spiro atoms. The Morgan fingerprint density at radius 2 is 1.64 bits per heavy atom. The van der Waals surface area contributed by atoms with Gasteiger partial charge in [0.15, 0.2) is 0 Å². The van der Waals surface area contributed by atoms with Gasteiger partial charge in [0.25, 0.3) is 15.9 Å². The van der Waals surface area contributed by atoms with Gasteiger partial charge in [0.05, 0.1) is 22.2 Å². The molecular weight excluding hydrogens is 464 g/mol. The van der Waals surface area contributed by atoms with Gasteiger partial charge in [0, 0.05) is 17.3 Å². The lowest BCUT2D eigenvalue weighted by Gasteiger charge is -2.10. The SMILES string of the molecule is CCOC(=O)/C=C/c1ccc(NC(=O)c2ccc(S(=O)(=O)Nc3ccccc3Cl)cc2)cc1. The number of nitrogens with one attached hydrogen (secondary N) is 2. The van der Waals surface area contributed by atoms with E-state index in [1.165, 1.54) is 30.3 Å². The van der Waals surface area contributed by atoms with Crippen LogP contribution in [0.15, 0.2) is 83.8 Å². The largest absolute Gasteiger partial charge is 0.463 e. The third-order valence-electron chi connectivity index (χ3n) is 4.41. The third-order valence-corrected chi connectivity index (χ3v) is 6.12. The first-order valence-electron chi connectivity index (χ1n) is 9.92. The van der Waals surface area contributed by atoms with Crippen LogP contribution >= 0.6 is 11.6 Å². The van der Waals surface area contributed by atoms with E-state index in [0.29, 0.717) is 12.3 Å². The highest BCUT2D eigenvalue weighted by atomic mass is 35.5. The first-order valence-corrected chi connectivity index (χ1v) is 11.8. The Bertz CT molecular complexity index is 1270. The predicted octanol–water partition coefficient (Wildman–Crippen LogP) is 4.97. The zero-order chi connectivity index (χ0) is 23.8. The van der Waals surface area contributed by atoms with Gasteiger partial charge >= 0.3 is 5.97 Å². The molecule has 0 heterocycles. The van der Waals surface area contributed by atoms with E-state index in [1.54, 1.807) is 61.5 Å². The number of esters is 1. The maximum atomic E-state index is 12.6. The number of anilines is 2. The number of ether oxygens (including phenoxy) is 1. The van der Waals surface area contributed by atoms with Crippen molar-refractivity contribution < 1.29 is 22.7 Å². The third kappa shape index (κ3) is 6.68. The molecule has 0 aliphatic carbocycles. The zero-order valence-electron chi connectivity index (χ0n) is 17.6. The average Bonchev–Trinajstić information content (AvgIpc) is 2.80. The fourth-order valence-corrected chi connectivity index (χ4v) is 4.09. The number of halogens is 1. The van der Waals surface area contributed by atoms with Gasteiger partial charge in [-0.2, -0.15) is 0 Å². The van der Waals surface area contributed by atoms with E-state index in [2.05, 4.69) is 10.0 Å². The summed E-state index contributed by atoms with van der Waals surface area (Å²) in [6, 6.07) is 18.9. The number of hydrogen-bond acceptors (Lipinski definition) is 5. The molecule has 3 aromatic rings. The molecule has 0 bridgehead atoms. The second kappa shape index (κ2) is 10.8. The van der Waals surface area contributed by atoms with E-state index < -0.39 is 21.9 Å². The number of amides is 1. The van der Waals surface area contributed by atoms with Crippen molar-refractivity contribution in [1.82, 2.24) is 0 Å². The van der Waals surface area contributed by atoms with E-state index in [4.69, 9.17) is 16.3 Å². The van der Waals surface area contributed by atoms with Crippen LogP contribution in [0.3, 0.4) is 0 Å². The molecule has 0 aliphatic heterocycles. The summed E-state index contributed by atoms with van der Waals surface area (Å²) >= 11 is 6.01. The Hall–Kier alpha value is -3.62. The number of rotatable bonds is 8. The van der Waals surface area contributed by atoms with Crippen LogP contribution in [0.25, 0.3) is 6.08 Å². The molecular formula is C24H21ClN2O5S. The lowest BCUT2D eigenvalue weighted by atomic mass is 10.1. The molecule has 0 aromatic heterocycles. The molecule has 0 saturated carbocycles. The fourth-order valence-electron chi connectivity index (χ4n) is 2.77. The highest BCUT2D eigenvalue weighted by Gasteiger charge is 2.16. The molecule has 3 aromatic carbocycles. The lowest BCUT2D eigenvalue weighted by Crippen LogP contribution is -2.15. The maximum absolute atomic E-state index is 12.6. The van der Waals surface area contributed by atoms with Gasteiger partial charge in [-0.15, -0.1) is 0 Å². The molecule has 33 heavy (non-hydrogen) atoms. The van der Waals surface area contributed by atoms with Crippen LogP contribution in [-0.4, -0.2) is 26.9 Å². The van der Waals surface area contributed by atoms with Crippen molar-refractivity contribution in [3.63, 3.8) is 0 Å². The maximum Gasteiger partial charge on any atom is 0.330 e. The normalized spacial score (nSPS) is 11.2. The van der Waals surface area contributed by atoms with Crippen LogP contribution in [0.5, 0.6) is 0 Å². The summed E-state index contributed by atoms with van der Waals surface area (Å²) in [4.78, 5) is 23.9. The lowest BCUT2D eigenvalue weighted by molar-refractivity contribution is -0.137. The van der Waals surface area contributed by atoms with Crippen LogP contribution in [0, 0.1) is 0 Å².